The lowest BCUT2D eigenvalue weighted by molar-refractivity contribution is -0.137. The third-order valence-electron chi connectivity index (χ3n) is 3.09. The van der Waals surface area contributed by atoms with Crippen LogP contribution in [0.2, 0.25) is 5.02 Å². The summed E-state index contributed by atoms with van der Waals surface area (Å²) in [4.78, 5) is 12.3. The molecule has 0 aromatic heterocycles. The molecular weight excluding hydrogens is 423 g/mol. The second-order valence-electron chi connectivity index (χ2n) is 4.89. The number of rotatable bonds is 5. The van der Waals surface area contributed by atoms with Gasteiger partial charge in [-0.05, 0) is 52.3 Å². The van der Waals surface area contributed by atoms with E-state index in [9.17, 15) is 18.0 Å². The van der Waals surface area contributed by atoms with Gasteiger partial charge in [0, 0.05) is 5.56 Å². The summed E-state index contributed by atoms with van der Waals surface area (Å²) in [6.45, 7) is 3.83. The number of carbonyl (C=O) groups excluding carboxylic acids is 1. The minimum absolute atomic E-state index is 0.00588. The Morgan fingerprint density at radius 2 is 2.00 bits per heavy atom. The first kappa shape index (κ1) is 19.3. The highest BCUT2D eigenvalue weighted by molar-refractivity contribution is 9.10. The number of ether oxygens (including phenoxy) is 1. The summed E-state index contributed by atoms with van der Waals surface area (Å²) in [7, 11) is 0. The van der Waals surface area contributed by atoms with Crippen molar-refractivity contribution in [2.45, 2.75) is 6.18 Å². The van der Waals surface area contributed by atoms with Crippen molar-refractivity contribution in [3.05, 3.63) is 69.7 Å². The topological polar surface area (TPSA) is 38.3 Å². The van der Waals surface area contributed by atoms with E-state index >= 15 is 0 Å². The number of carbonyl (C=O) groups is 1. The van der Waals surface area contributed by atoms with E-state index in [0.717, 1.165) is 18.2 Å². The molecule has 0 atom stereocenters. The summed E-state index contributed by atoms with van der Waals surface area (Å²) in [6, 6.07) is 7.27. The maximum Gasteiger partial charge on any atom is 0.416 e. The Labute approximate surface area is 155 Å². The summed E-state index contributed by atoms with van der Waals surface area (Å²) in [5, 5.41) is 2.39. The molecule has 8 heteroatoms. The van der Waals surface area contributed by atoms with Gasteiger partial charge in [-0.1, -0.05) is 24.3 Å². The fraction of sp³-hybridized carbons (Fsp3) is 0.118. The molecule has 132 valence electrons. The van der Waals surface area contributed by atoms with E-state index in [1.807, 2.05) is 0 Å². The highest BCUT2D eigenvalue weighted by Gasteiger charge is 2.31. The zero-order valence-electron chi connectivity index (χ0n) is 12.7. The van der Waals surface area contributed by atoms with Gasteiger partial charge in [0.2, 0.25) is 0 Å². The van der Waals surface area contributed by atoms with Crippen LogP contribution in [-0.2, 0) is 6.18 Å². The summed E-state index contributed by atoms with van der Waals surface area (Å²) in [5.41, 5.74) is -0.794. The van der Waals surface area contributed by atoms with E-state index in [-0.39, 0.29) is 16.3 Å². The third kappa shape index (κ3) is 4.99. The number of hydrogen-bond donors (Lipinski definition) is 1. The number of nitrogens with one attached hydrogen (secondary N) is 1. The molecule has 0 fully saturated rings. The third-order valence-corrected chi connectivity index (χ3v) is 4.04. The van der Waals surface area contributed by atoms with E-state index in [1.165, 1.54) is 12.1 Å². The fourth-order valence-electron chi connectivity index (χ4n) is 1.90. The minimum Gasteiger partial charge on any atom is -0.488 e. The number of hydrogen-bond acceptors (Lipinski definition) is 2. The summed E-state index contributed by atoms with van der Waals surface area (Å²) in [5.74, 6) is -0.0919. The molecule has 0 saturated carbocycles. The molecular formula is C17H12BrClF3NO2. The fourth-order valence-corrected chi connectivity index (χ4v) is 2.56. The second kappa shape index (κ2) is 7.93. The van der Waals surface area contributed by atoms with E-state index in [0.29, 0.717) is 16.8 Å². The van der Waals surface area contributed by atoms with Crippen molar-refractivity contribution in [1.29, 1.82) is 0 Å². The average Bonchev–Trinajstić information content (AvgIpc) is 2.54. The molecule has 0 spiro atoms. The first-order chi connectivity index (χ1) is 11.7. The van der Waals surface area contributed by atoms with Crippen LogP contribution in [0.1, 0.15) is 15.9 Å². The van der Waals surface area contributed by atoms with Gasteiger partial charge < -0.3 is 10.1 Å². The van der Waals surface area contributed by atoms with Crippen LogP contribution in [0, 0.1) is 0 Å². The van der Waals surface area contributed by atoms with Crippen LogP contribution < -0.4 is 10.1 Å². The molecule has 2 rings (SSSR count). The van der Waals surface area contributed by atoms with Crippen LogP contribution in [-0.4, -0.2) is 12.5 Å². The Bertz CT molecular complexity index is 809. The predicted octanol–water partition coefficient (Wildman–Crippen LogP) is 5.94. The molecule has 3 nitrogen and oxygen atoms in total. The lowest BCUT2D eigenvalue weighted by Gasteiger charge is -2.12. The highest BCUT2D eigenvalue weighted by atomic mass is 79.9. The minimum atomic E-state index is -4.53. The molecule has 0 aliphatic carbocycles. The Kier molecular flexibility index (Phi) is 6.13. The molecule has 0 aliphatic rings. The highest BCUT2D eigenvalue weighted by Crippen LogP contribution is 2.34. The summed E-state index contributed by atoms with van der Waals surface area (Å²) in [6.07, 6.45) is -2.96. The number of halogens is 5. The van der Waals surface area contributed by atoms with E-state index in [2.05, 4.69) is 27.8 Å². The van der Waals surface area contributed by atoms with Gasteiger partial charge in [-0.2, -0.15) is 13.2 Å². The second-order valence-corrected chi connectivity index (χ2v) is 6.15. The molecule has 0 radical (unpaired) electrons. The molecule has 0 saturated heterocycles. The zero-order valence-corrected chi connectivity index (χ0v) is 15.0. The van der Waals surface area contributed by atoms with Gasteiger partial charge in [-0.3, -0.25) is 4.79 Å². The van der Waals surface area contributed by atoms with Crippen LogP contribution in [0.25, 0.3) is 0 Å². The Balaban J connectivity index is 2.22. The van der Waals surface area contributed by atoms with Crippen LogP contribution >= 0.6 is 27.5 Å². The molecule has 2 aromatic rings. The van der Waals surface area contributed by atoms with Crippen molar-refractivity contribution in [2.24, 2.45) is 0 Å². The predicted molar refractivity (Wildman–Crippen MR) is 94.2 cm³/mol. The molecule has 2 aromatic carbocycles. The van der Waals surface area contributed by atoms with Crippen molar-refractivity contribution < 1.29 is 22.7 Å². The monoisotopic (exact) mass is 433 g/mol. The molecule has 0 unspecified atom stereocenters. The van der Waals surface area contributed by atoms with Crippen molar-refractivity contribution in [1.82, 2.24) is 0 Å². The van der Waals surface area contributed by atoms with Crippen LogP contribution in [0.4, 0.5) is 18.9 Å². The van der Waals surface area contributed by atoms with Crippen LogP contribution in [0.3, 0.4) is 0 Å². The van der Waals surface area contributed by atoms with E-state index in [4.69, 9.17) is 16.3 Å². The van der Waals surface area contributed by atoms with Crippen LogP contribution in [0.15, 0.2) is 53.5 Å². The molecule has 0 aliphatic heterocycles. The smallest absolute Gasteiger partial charge is 0.416 e. The van der Waals surface area contributed by atoms with Gasteiger partial charge in [0.1, 0.15) is 12.4 Å². The summed E-state index contributed by atoms with van der Waals surface area (Å²) < 4.78 is 44.2. The average molecular weight is 435 g/mol. The lowest BCUT2D eigenvalue weighted by atomic mass is 10.1. The van der Waals surface area contributed by atoms with Crippen molar-refractivity contribution >= 4 is 39.1 Å². The first-order valence-electron chi connectivity index (χ1n) is 6.93. The molecule has 1 amide bonds. The van der Waals surface area contributed by atoms with Gasteiger partial charge in [0.05, 0.1) is 20.7 Å². The quantitative estimate of drug-likeness (QED) is 0.592. The van der Waals surface area contributed by atoms with Crippen molar-refractivity contribution in [3.8, 4) is 5.75 Å². The van der Waals surface area contributed by atoms with E-state index < -0.39 is 17.6 Å². The normalized spacial score (nSPS) is 11.1. The van der Waals surface area contributed by atoms with Gasteiger partial charge in [0.25, 0.3) is 5.91 Å². The maximum atomic E-state index is 12.8. The summed E-state index contributed by atoms with van der Waals surface area (Å²) >= 11 is 9.14. The standard InChI is InChI=1S/C17H12BrClF3NO2/c1-2-7-25-15-6-3-10(8-12(15)18)16(24)23-14-9-11(17(20,21)22)4-5-13(14)19/h2-6,8-9H,1,7H2,(H,23,24). The Hall–Kier alpha value is -1.99. The number of amides is 1. The van der Waals surface area contributed by atoms with Crippen LogP contribution in [0.5, 0.6) is 5.75 Å². The number of benzene rings is 2. The largest absolute Gasteiger partial charge is 0.488 e. The van der Waals surface area contributed by atoms with Crippen molar-refractivity contribution in [3.63, 3.8) is 0 Å². The molecule has 1 N–H and O–H groups in total. The van der Waals surface area contributed by atoms with Crippen molar-refractivity contribution in [2.75, 3.05) is 11.9 Å². The number of anilines is 1. The number of alkyl halides is 3. The van der Waals surface area contributed by atoms with Gasteiger partial charge >= 0.3 is 6.18 Å². The molecule has 25 heavy (non-hydrogen) atoms. The maximum absolute atomic E-state index is 12.8. The zero-order chi connectivity index (χ0) is 18.6. The SMILES string of the molecule is C=CCOc1ccc(C(=O)Nc2cc(C(F)(F)F)ccc2Cl)cc1Br. The lowest BCUT2D eigenvalue weighted by Crippen LogP contribution is -2.14. The molecule has 0 heterocycles. The first-order valence-corrected chi connectivity index (χ1v) is 8.11. The van der Waals surface area contributed by atoms with Gasteiger partial charge in [-0.25, -0.2) is 0 Å². The van der Waals surface area contributed by atoms with Gasteiger partial charge in [0.15, 0.2) is 0 Å². The molecule has 0 bridgehead atoms. The Morgan fingerprint density at radius 3 is 2.60 bits per heavy atom. The van der Waals surface area contributed by atoms with E-state index in [1.54, 1.807) is 12.1 Å². The Morgan fingerprint density at radius 1 is 1.28 bits per heavy atom. The van der Waals surface area contributed by atoms with Gasteiger partial charge in [-0.15, -0.1) is 0 Å².